The van der Waals surface area contributed by atoms with Crippen molar-refractivity contribution < 1.29 is 14.0 Å². The molecule has 1 aliphatic rings. The first-order chi connectivity index (χ1) is 12.0. The van der Waals surface area contributed by atoms with E-state index >= 15 is 0 Å². The third kappa shape index (κ3) is 3.70. The number of hydrogen-bond acceptors (Lipinski definition) is 3. The molecule has 1 aromatic carbocycles. The Bertz CT molecular complexity index is 817. The van der Waals surface area contributed by atoms with Crippen molar-refractivity contribution in [2.75, 3.05) is 26.7 Å². The number of carbonyl (C=O) groups excluding carboxylic acids is 2. The van der Waals surface area contributed by atoms with Crippen LogP contribution >= 0.6 is 0 Å². The van der Waals surface area contributed by atoms with Gasteiger partial charge in [-0.3, -0.25) is 9.59 Å². The van der Waals surface area contributed by atoms with Gasteiger partial charge in [-0.25, -0.2) is 9.37 Å². The number of H-pyrrole nitrogens is 1. The number of imidazole rings is 1. The van der Waals surface area contributed by atoms with Gasteiger partial charge in [-0.2, -0.15) is 0 Å². The van der Waals surface area contributed by atoms with Crippen molar-refractivity contribution in [3.8, 4) is 0 Å². The molecule has 132 valence electrons. The second-order valence-electron chi connectivity index (χ2n) is 6.34. The number of amides is 2. The average Bonchev–Trinajstić information content (AvgIpc) is 3.15. The van der Waals surface area contributed by atoms with Gasteiger partial charge < -0.3 is 14.8 Å². The van der Waals surface area contributed by atoms with E-state index in [-0.39, 0.29) is 30.0 Å². The van der Waals surface area contributed by atoms with Gasteiger partial charge in [0.1, 0.15) is 11.6 Å². The lowest BCUT2D eigenvalue weighted by Gasteiger charge is -2.20. The van der Waals surface area contributed by atoms with Gasteiger partial charge in [0.25, 0.3) is 0 Å². The Morgan fingerprint density at radius 2 is 2.36 bits per heavy atom. The van der Waals surface area contributed by atoms with Crippen LogP contribution in [0.4, 0.5) is 4.39 Å². The number of nitrogens with one attached hydrogen (secondary N) is 1. The monoisotopic (exact) mass is 344 g/mol. The van der Waals surface area contributed by atoms with Gasteiger partial charge in [0.2, 0.25) is 11.8 Å². The number of likely N-dealkylation sites (N-methyl/N-ethyl adjacent to an activating group) is 1. The second kappa shape index (κ2) is 7.04. The summed E-state index contributed by atoms with van der Waals surface area (Å²) in [5.41, 5.74) is 1.34. The number of benzene rings is 1. The maximum atomic E-state index is 13.2. The Hall–Kier alpha value is -2.70. The molecule has 0 unspecified atom stereocenters. The summed E-state index contributed by atoms with van der Waals surface area (Å²) in [6.45, 7) is 5.02. The zero-order valence-electron chi connectivity index (χ0n) is 14.2. The van der Waals surface area contributed by atoms with Crippen molar-refractivity contribution >= 4 is 22.8 Å². The topological polar surface area (TPSA) is 69.3 Å². The smallest absolute Gasteiger partial charge is 0.227 e. The van der Waals surface area contributed by atoms with E-state index < -0.39 is 0 Å². The van der Waals surface area contributed by atoms with Crippen LogP contribution in [0.3, 0.4) is 0 Å². The number of fused-ring (bicyclic) bond motifs is 1. The first-order valence-electron chi connectivity index (χ1n) is 8.25. The van der Waals surface area contributed by atoms with Crippen molar-refractivity contribution in [2.45, 2.75) is 12.8 Å². The van der Waals surface area contributed by atoms with Crippen LogP contribution in [0.1, 0.15) is 12.2 Å². The fourth-order valence-corrected chi connectivity index (χ4v) is 3.12. The standard InChI is InChI=1S/C18H21FN4O2/c1-3-7-23-11-12(9-17(23)24)18(25)22(2)8-6-16-20-14-5-4-13(19)10-15(14)21-16/h3-5,10,12H,1,6-9,11H2,2H3,(H,20,21)/t12-/m0/s1. The Balaban J connectivity index is 1.58. The summed E-state index contributed by atoms with van der Waals surface area (Å²) < 4.78 is 13.2. The summed E-state index contributed by atoms with van der Waals surface area (Å²) in [5, 5.41) is 0. The third-order valence-electron chi connectivity index (χ3n) is 4.47. The fraction of sp³-hybridized carbons (Fsp3) is 0.389. The van der Waals surface area contributed by atoms with Gasteiger partial charge in [-0.15, -0.1) is 6.58 Å². The molecule has 0 aliphatic carbocycles. The number of aromatic amines is 1. The minimum atomic E-state index is -0.315. The summed E-state index contributed by atoms with van der Waals surface area (Å²) in [7, 11) is 1.73. The molecule has 7 heteroatoms. The van der Waals surface area contributed by atoms with Crippen LogP contribution in [-0.4, -0.2) is 58.3 Å². The molecular formula is C18H21FN4O2. The minimum absolute atomic E-state index is 0.00837. The first kappa shape index (κ1) is 17.1. The van der Waals surface area contributed by atoms with E-state index in [4.69, 9.17) is 0 Å². The zero-order valence-corrected chi connectivity index (χ0v) is 14.2. The molecule has 2 aromatic rings. The lowest BCUT2D eigenvalue weighted by molar-refractivity contribution is -0.134. The van der Waals surface area contributed by atoms with E-state index in [9.17, 15) is 14.0 Å². The zero-order chi connectivity index (χ0) is 18.0. The molecule has 2 amide bonds. The molecule has 1 aliphatic heterocycles. The normalized spacial score (nSPS) is 17.3. The highest BCUT2D eigenvalue weighted by Gasteiger charge is 2.34. The van der Waals surface area contributed by atoms with Gasteiger partial charge in [0.15, 0.2) is 0 Å². The summed E-state index contributed by atoms with van der Waals surface area (Å²) in [4.78, 5) is 35.1. The van der Waals surface area contributed by atoms with E-state index in [0.717, 1.165) is 0 Å². The summed E-state index contributed by atoms with van der Waals surface area (Å²) in [6, 6.07) is 4.39. The van der Waals surface area contributed by atoms with Gasteiger partial charge in [-0.1, -0.05) is 6.08 Å². The molecule has 1 aromatic heterocycles. The highest BCUT2D eigenvalue weighted by molar-refractivity contribution is 5.89. The van der Waals surface area contributed by atoms with Gasteiger partial charge >= 0.3 is 0 Å². The molecule has 2 heterocycles. The van der Waals surface area contributed by atoms with Crippen LogP contribution in [0.15, 0.2) is 30.9 Å². The molecule has 0 radical (unpaired) electrons. The molecule has 1 N–H and O–H groups in total. The maximum absolute atomic E-state index is 13.2. The van der Waals surface area contributed by atoms with Gasteiger partial charge in [-0.05, 0) is 18.2 Å². The van der Waals surface area contributed by atoms with E-state index in [1.807, 2.05) is 0 Å². The third-order valence-corrected chi connectivity index (χ3v) is 4.47. The van der Waals surface area contributed by atoms with Crippen molar-refractivity contribution in [3.05, 3.63) is 42.5 Å². The van der Waals surface area contributed by atoms with Crippen LogP contribution in [0.5, 0.6) is 0 Å². The van der Waals surface area contributed by atoms with Crippen LogP contribution in [0.25, 0.3) is 11.0 Å². The molecule has 0 spiro atoms. The van der Waals surface area contributed by atoms with Gasteiger partial charge in [0, 0.05) is 39.5 Å². The fourth-order valence-electron chi connectivity index (χ4n) is 3.12. The average molecular weight is 344 g/mol. The van der Waals surface area contributed by atoms with Gasteiger partial charge in [0.05, 0.1) is 17.0 Å². The lowest BCUT2D eigenvalue weighted by Crippen LogP contribution is -2.36. The molecule has 3 rings (SSSR count). The largest absolute Gasteiger partial charge is 0.345 e. The van der Waals surface area contributed by atoms with Crippen LogP contribution in [0, 0.1) is 11.7 Å². The SMILES string of the molecule is C=CCN1C[C@@H](C(=O)N(C)CCc2nc3ccc(F)cc3[nH]2)CC1=O. The number of carbonyl (C=O) groups is 2. The Morgan fingerprint density at radius 3 is 3.12 bits per heavy atom. The number of nitrogens with zero attached hydrogens (tertiary/aromatic N) is 3. The molecule has 1 saturated heterocycles. The van der Waals surface area contributed by atoms with Crippen LogP contribution in [-0.2, 0) is 16.0 Å². The first-order valence-corrected chi connectivity index (χ1v) is 8.25. The van der Waals surface area contributed by atoms with Crippen molar-refractivity contribution in [2.24, 2.45) is 5.92 Å². The Morgan fingerprint density at radius 1 is 1.56 bits per heavy atom. The molecular weight excluding hydrogens is 323 g/mol. The van der Waals surface area contributed by atoms with Crippen molar-refractivity contribution in [3.63, 3.8) is 0 Å². The van der Waals surface area contributed by atoms with Crippen molar-refractivity contribution in [1.29, 1.82) is 0 Å². The van der Waals surface area contributed by atoms with Crippen LogP contribution < -0.4 is 0 Å². The summed E-state index contributed by atoms with van der Waals surface area (Å²) >= 11 is 0. The molecule has 0 bridgehead atoms. The molecule has 25 heavy (non-hydrogen) atoms. The lowest BCUT2D eigenvalue weighted by atomic mass is 10.1. The number of halogens is 1. The highest BCUT2D eigenvalue weighted by Crippen LogP contribution is 2.20. The quantitative estimate of drug-likeness (QED) is 0.812. The van der Waals surface area contributed by atoms with E-state index in [1.165, 1.54) is 12.1 Å². The molecule has 1 fully saturated rings. The van der Waals surface area contributed by atoms with E-state index in [0.29, 0.717) is 42.9 Å². The minimum Gasteiger partial charge on any atom is -0.345 e. The van der Waals surface area contributed by atoms with E-state index in [1.54, 1.807) is 29.0 Å². The molecule has 6 nitrogen and oxygen atoms in total. The number of aromatic nitrogens is 2. The predicted molar refractivity (Wildman–Crippen MR) is 92.3 cm³/mol. The number of hydrogen-bond donors (Lipinski definition) is 1. The number of likely N-dealkylation sites (tertiary alicyclic amines) is 1. The summed E-state index contributed by atoms with van der Waals surface area (Å²) in [5.74, 6) is 0.0382. The number of rotatable bonds is 6. The Labute approximate surface area is 145 Å². The predicted octanol–water partition coefficient (Wildman–Crippen LogP) is 1.74. The molecule has 1 atom stereocenters. The second-order valence-corrected chi connectivity index (χ2v) is 6.34. The van der Waals surface area contributed by atoms with Crippen LogP contribution in [0.2, 0.25) is 0 Å². The molecule has 0 saturated carbocycles. The van der Waals surface area contributed by atoms with Crippen molar-refractivity contribution in [1.82, 2.24) is 19.8 Å². The highest BCUT2D eigenvalue weighted by atomic mass is 19.1. The summed E-state index contributed by atoms with van der Waals surface area (Å²) in [6.07, 6.45) is 2.45. The van der Waals surface area contributed by atoms with E-state index in [2.05, 4.69) is 16.5 Å². The maximum Gasteiger partial charge on any atom is 0.227 e. The Kier molecular flexibility index (Phi) is 4.83.